The Labute approximate surface area is 151 Å². The number of thioether (sulfide) groups is 1. The fourth-order valence-electron chi connectivity index (χ4n) is 2.13. The minimum atomic E-state index is -0.483. The van der Waals surface area contributed by atoms with Gasteiger partial charge in [-0.3, -0.25) is 4.79 Å². The molecule has 0 unspecified atom stereocenters. The van der Waals surface area contributed by atoms with Crippen LogP contribution in [0.3, 0.4) is 0 Å². The largest absolute Gasteiger partial charge is 0.493 e. The van der Waals surface area contributed by atoms with Crippen LogP contribution >= 0.6 is 11.8 Å². The maximum Gasteiger partial charge on any atom is 0.266 e. The van der Waals surface area contributed by atoms with Crippen LogP contribution in [0.4, 0.5) is 5.69 Å². The molecule has 128 valence electrons. The average molecular weight is 354 g/mol. The van der Waals surface area contributed by atoms with E-state index in [-0.39, 0.29) is 5.57 Å². The molecule has 0 fully saturated rings. The van der Waals surface area contributed by atoms with Crippen molar-refractivity contribution in [2.45, 2.75) is 4.90 Å². The summed E-state index contributed by atoms with van der Waals surface area (Å²) < 4.78 is 10.4. The number of carbonyl (C=O) groups is 1. The number of ether oxygens (including phenoxy) is 2. The molecule has 1 amide bonds. The average Bonchev–Trinajstić information content (AvgIpc) is 2.66. The molecular weight excluding hydrogens is 336 g/mol. The molecule has 0 spiro atoms. The first-order valence-corrected chi connectivity index (χ1v) is 8.63. The molecule has 25 heavy (non-hydrogen) atoms. The molecule has 6 heteroatoms. The predicted molar refractivity (Wildman–Crippen MR) is 100.0 cm³/mol. The summed E-state index contributed by atoms with van der Waals surface area (Å²) in [6, 6.07) is 14.6. The summed E-state index contributed by atoms with van der Waals surface area (Å²) in [6.45, 7) is 0. The number of hydrogen-bond donors (Lipinski definition) is 1. The Morgan fingerprint density at radius 3 is 2.36 bits per heavy atom. The van der Waals surface area contributed by atoms with Gasteiger partial charge in [-0.15, -0.1) is 11.8 Å². The van der Waals surface area contributed by atoms with Crippen LogP contribution < -0.4 is 14.8 Å². The number of anilines is 1. The van der Waals surface area contributed by atoms with Crippen molar-refractivity contribution in [3.05, 3.63) is 53.6 Å². The molecule has 2 aromatic carbocycles. The lowest BCUT2D eigenvalue weighted by molar-refractivity contribution is -0.112. The lowest BCUT2D eigenvalue weighted by Gasteiger charge is -2.10. The van der Waals surface area contributed by atoms with Crippen molar-refractivity contribution in [2.24, 2.45) is 0 Å². The van der Waals surface area contributed by atoms with Crippen molar-refractivity contribution < 1.29 is 14.3 Å². The normalized spacial score (nSPS) is 10.7. The first-order chi connectivity index (χ1) is 12.1. The van der Waals surface area contributed by atoms with E-state index in [1.807, 2.05) is 36.6 Å². The first-order valence-electron chi connectivity index (χ1n) is 7.40. The molecule has 0 saturated carbocycles. The van der Waals surface area contributed by atoms with Crippen molar-refractivity contribution in [3.8, 4) is 17.6 Å². The minimum Gasteiger partial charge on any atom is -0.493 e. The van der Waals surface area contributed by atoms with Crippen LogP contribution in [0.1, 0.15) is 5.56 Å². The Morgan fingerprint density at radius 2 is 1.80 bits per heavy atom. The maximum absolute atomic E-state index is 12.3. The topological polar surface area (TPSA) is 71.3 Å². The van der Waals surface area contributed by atoms with E-state index in [2.05, 4.69) is 5.32 Å². The van der Waals surface area contributed by atoms with Crippen molar-refractivity contribution in [3.63, 3.8) is 0 Å². The van der Waals surface area contributed by atoms with Crippen molar-refractivity contribution in [2.75, 3.05) is 25.8 Å². The Morgan fingerprint density at radius 1 is 1.12 bits per heavy atom. The Hall–Kier alpha value is -2.91. The van der Waals surface area contributed by atoms with Crippen LogP contribution in [0, 0.1) is 11.3 Å². The summed E-state index contributed by atoms with van der Waals surface area (Å²) in [6.07, 6.45) is 3.54. The molecule has 0 saturated heterocycles. The van der Waals surface area contributed by atoms with E-state index in [0.29, 0.717) is 17.2 Å². The maximum atomic E-state index is 12.3. The van der Waals surface area contributed by atoms with Gasteiger partial charge in [0, 0.05) is 16.6 Å². The van der Waals surface area contributed by atoms with Gasteiger partial charge in [-0.2, -0.15) is 5.26 Å². The third-order valence-corrected chi connectivity index (χ3v) is 4.18. The standard InChI is InChI=1S/C19H18N2O3S/c1-23-17-9-6-15(11-18(17)24-2)21-19(22)14(12-20)10-13-4-7-16(25-3)8-5-13/h4-11H,1-3H3,(H,21,22)/b14-10+. The zero-order chi connectivity index (χ0) is 18.2. The van der Waals surface area contributed by atoms with Gasteiger partial charge in [0.25, 0.3) is 5.91 Å². The van der Waals surface area contributed by atoms with Crippen LogP contribution in [0.5, 0.6) is 11.5 Å². The molecule has 0 aliphatic rings. The number of carbonyl (C=O) groups excluding carboxylic acids is 1. The molecule has 0 aliphatic carbocycles. The van der Waals surface area contributed by atoms with Crippen molar-refractivity contribution in [1.29, 1.82) is 5.26 Å². The highest BCUT2D eigenvalue weighted by Crippen LogP contribution is 2.30. The second-order valence-corrected chi connectivity index (χ2v) is 5.85. The number of hydrogen-bond acceptors (Lipinski definition) is 5. The van der Waals surface area contributed by atoms with E-state index >= 15 is 0 Å². The third kappa shape index (κ3) is 4.78. The molecule has 5 nitrogen and oxygen atoms in total. The monoisotopic (exact) mass is 354 g/mol. The SMILES string of the molecule is COc1ccc(NC(=O)/C(C#N)=C/c2ccc(SC)cc2)cc1OC. The van der Waals surface area contributed by atoms with E-state index in [1.165, 1.54) is 14.2 Å². The van der Waals surface area contributed by atoms with E-state index < -0.39 is 5.91 Å². The first kappa shape index (κ1) is 18.4. The number of nitriles is 1. The Kier molecular flexibility index (Phi) is 6.49. The fourth-order valence-corrected chi connectivity index (χ4v) is 2.54. The lowest BCUT2D eigenvalue weighted by atomic mass is 10.1. The quantitative estimate of drug-likeness (QED) is 0.483. The van der Waals surface area contributed by atoms with Gasteiger partial charge < -0.3 is 14.8 Å². The van der Waals surface area contributed by atoms with Crippen molar-refractivity contribution in [1.82, 2.24) is 0 Å². The zero-order valence-corrected chi connectivity index (χ0v) is 15.0. The van der Waals surface area contributed by atoms with E-state index in [4.69, 9.17) is 9.47 Å². The number of methoxy groups -OCH3 is 2. The van der Waals surface area contributed by atoms with Crippen LogP contribution in [0.25, 0.3) is 6.08 Å². The molecule has 0 aliphatic heterocycles. The number of nitrogens with one attached hydrogen (secondary N) is 1. The number of benzene rings is 2. The van der Waals surface area contributed by atoms with Crippen LogP contribution in [-0.2, 0) is 4.79 Å². The van der Waals surface area contributed by atoms with Gasteiger partial charge in [-0.1, -0.05) is 12.1 Å². The molecular formula is C19H18N2O3S. The minimum absolute atomic E-state index is 0.0201. The predicted octanol–water partition coefficient (Wildman–Crippen LogP) is 3.97. The summed E-state index contributed by atoms with van der Waals surface area (Å²) in [5.41, 5.74) is 1.32. The number of amides is 1. The second kappa shape index (κ2) is 8.81. The van der Waals surface area contributed by atoms with Crippen LogP contribution in [-0.4, -0.2) is 26.4 Å². The molecule has 0 atom stereocenters. The number of rotatable bonds is 6. The Balaban J connectivity index is 2.19. The van der Waals surface area contributed by atoms with Gasteiger partial charge in [0.05, 0.1) is 14.2 Å². The summed E-state index contributed by atoms with van der Waals surface area (Å²) in [5, 5.41) is 12.0. The van der Waals surface area contributed by atoms with Gasteiger partial charge in [-0.05, 0) is 42.2 Å². The molecule has 1 N–H and O–H groups in total. The molecule has 0 radical (unpaired) electrons. The van der Waals surface area contributed by atoms with Gasteiger partial charge >= 0.3 is 0 Å². The highest BCUT2D eigenvalue weighted by Gasteiger charge is 2.11. The smallest absolute Gasteiger partial charge is 0.266 e. The van der Waals surface area contributed by atoms with Crippen LogP contribution in [0.15, 0.2) is 52.9 Å². The number of nitrogens with zero attached hydrogens (tertiary/aromatic N) is 1. The van der Waals surface area contributed by atoms with Gasteiger partial charge in [0.15, 0.2) is 11.5 Å². The molecule has 0 aromatic heterocycles. The highest BCUT2D eigenvalue weighted by molar-refractivity contribution is 7.98. The third-order valence-electron chi connectivity index (χ3n) is 3.43. The molecule has 0 heterocycles. The van der Waals surface area contributed by atoms with Gasteiger partial charge in [0.1, 0.15) is 11.6 Å². The second-order valence-electron chi connectivity index (χ2n) is 4.97. The summed E-state index contributed by atoms with van der Waals surface area (Å²) >= 11 is 1.63. The molecule has 2 rings (SSSR count). The lowest BCUT2D eigenvalue weighted by Crippen LogP contribution is -2.13. The van der Waals surface area contributed by atoms with E-state index in [1.54, 1.807) is 36.0 Å². The molecule has 2 aromatic rings. The Bertz CT molecular complexity index is 824. The summed E-state index contributed by atoms with van der Waals surface area (Å²) in [5.74, 6) is 0.574. The summed E-state index contributed by atoms with van der Waals surface area (Å²) in [4.78, 5) is 13.5. The highest BCUT2D eigenvalue weighted by atomic mass is 32.2. The van der Waals surface area contributed by atoms with E-state index in [9.17, 15) is 10.1 Å². The van der Waals surface area contributed by atoms with Gasteiger partial charge in [0.2, 0.25) is 0 Å². The van der Waals surface area contributed by atoms with Crippen LogP contribution in [0.2, 0.25) is 0 Å². The van der Waals surface area contributed by atoms with E-state index in [0.717, 1.165) is 10.5 Å². The summed E-state index contributed by atoms with van der Waals surface area (Å²) in [7, 11) is 3.05. The van der Waals surface area contributed by atoms with Crippen molar-refractivity contribution >= 4 is 29.4 Å². The van der Waals surface area contributed by atoms with Gasteiger partial charge in [-0.25, -0.2) is 0 Å². The molecule has 0 bridgehead atoms. The fraction of sp³-hybridized carbons (Fsp3) is 0.158. The zero-order valence-electron chi connectivity index (χ0n) is 14.2.